The monoisotopic (exact) mass is 407 g/mol. The summed E-state index contributed by atoms with van der Waals surface area (Å²) in [6.07, 6.45) is 3.22. The van der Waals surface area contributed by atoms with Crippen molar-refractivity contribution in [1.82, 2.24) is 15.2 Å². The van der Waals surface area contributed by atoms with E-state index in [1.54, 1.807) is 19.4 Å². The molecule has 0 radical (unpaired) electrons. The number of carbonyl (C=O) groups is 1. The van der Waals surface area contributed by atoms with Crippen LogP contribution in [0.1, 0.15) is 21.6 Å². The Morgan fingerprint density at radius 2 is 2.07 bits per heavy atom. The van der Waals surface area contributed by atoms with Gasteiger partial charge in [0.1, 0.15) is 11.6 Å². The van der Waals surface area contributed by atoms with Gasteiger partial charge in [0.25, 0.3) is 5.91 Å². The first-order chi connectivity index (χ1) is 14.7. The number of aromatic amines is 1. The van der Waals surface area contributed by atoms with E-state index in [-0.39, 0.29) is 5.91 Å². The van der Waals surface area contributed by atoms with Crippen LogP contribution in [-0.2, 0) is 17.6 Å². The summed E-state index contributed by atoms with van der Waals surface area (Å²) in [4.78, 5) is 19.1. The van der Waals surface area contributed by atoms with Gasteiger partial charge >= 0.3 is 0 Å². The summed E-state index contributed by atoms with van der Waals surface area (Å²) < 4.78 is 10.6. The van der Waals surface area contributed by atoms with Gasteiger partial charge in [-0.2, -0.15) is 5.10 Å². The van der Waals surface area contributed by atoms with Crippen LogP contribution in [-0.4, -0.2) is 54.5 Å². The molecule has 0 saturated carbocycles. The Hall–Kier alpha value is -3.39. The predicted octanol–water partition coefficient (Wildman–Crippen LogP) is 2.69. The van der Waals surface area contributed by atoms with Crippen LogP contribution in [0.4, 0.5) is 11.6 Å². The van der Waals surface area contributed by atoms with Crippen molar-refractivity contribution in [3.63, 3.8) is 0 Å². The quantitative estimate of drug-likeness (QED) is 0.626. The number of anilines is 2. The fourth-order valence-corrected chi connectivity index (χ4v) is 3.35. The molecule has 1 aromatic carbocycles. The van der Waals surface area contributed by atoms with Crippen LogP contribution in [0.5, 0.6) is 5.75 Å². The highest BCUT2D eigenvalue weighted by Gasteiger charge is 2.14. The Bertz CT molecular complexity index is 980. The molecule has 3 heterocycles. The summed E-state index contributed by atoms with van der Waals surface area (Å²) in [5.74, 6) is 1.97. The maximum atomic E-state index is 12.5. The van der Waals surface area contributed by atoms with Gasteiger partial charge in [-0.05, 0) is 42.7 Å². The fraction of sp³-hybridized carbons (Fsp3) is 0.318. The summed E-state index contributed by atoms with van der Waals surface area (Å²) >= 11 is 0. The largest absolute Gasteiger partial charge is 0.497 e. The lowest BCUT2D eigenvalue weighted by atomic mass is 10.1. The van der Waals surface area contributed by atoms with Crippen molar-refractivity contribution < 1.29 is 14.3 Å². The van der Waals surface area contributed by atoms with E-state index in [9.17, 15) is 4.79 Å². The summed E-state index contributed by atoms with van der Waals surface area (Å²) in [7, 11) is 1.66. The number of methoxy groups -OCH3 is 1. The van der Waals surface area contributed by atoms with Crippen LogP contribution in [0.25, 0.3) is 0 Å². The molecule has 8 nitrogen and oxygen atoms in total. The molecule has 1 aliphatic rings. The molecule has 4 rings (SSSR count). The Morgan fingerprint density at radius 1 is 1.20 bits per heavy atom. The number of aromatic nitrogens is 3. The first-order valence-electron chi connectivity index (χ1n) is 9.98. The molecule has 1 amide bonds. The molecule has 1 fully saturated rings. The van der Waals surface area contributed by atoms with Crippen LogP contribution >= 0.6 is 0 Å². The standard InChI is InChI=1S/C22H25N5O3/c1-29-19-4-2-3-16(13-19)5-7-18-14-20(26-25-18)24-22(28)17-6-8-21(23-15-17)27-9-11-30-12-10-27/h2-4,6,8,13-15H,5,7,9-12H2,1H3,(H2,24,25,26,28). The molecule has 30 heavy (non-hydrogen) atoms. The van der Waals surface area contributed by atoms with Crippen LogP contribution in [0.2, 0.25) is 0 Å². The number of ether oxygens (including phenoxy) is 2. The minimum absolute atomic E-state index is 0.234. The number of rotatable bonds is 7. The number of hydrogen-bond donors (Lipinski definition) is 2. The van der Waals surface area contributed by atoms with Gasteiger partial charge in [0.2, 0.25) is 0 Å². The number of H-pyrrole nitrogens is 1. The zero-order valence-corrected chi connectivity index (χ0v) is 16.9. The number of amides is 1. The predicted molar refractivity (Wildman–Crippen MR) is 114 cm³/mol. The first kappa shape index (κ1) is 19.9. The van der Waals surface area contributed by atoms with E-state index in [0.29, 0.717) is 24.6 Å². The Labute approximate surface area is 175 Å². The fourth-order valence-electron chi connectivity index (χ4n) is 3.35. The number of nitrogens with one attached hydrogen (secondary N) is 2. The smallest absolute Gasteiger partial charge is 0.258 e. The van der Waals surface area contributed by atoms with Gasteiger partial charge in [-0.15, -0.1) is 0 Å². The lowest BCUT2D eigenvalue weighted by Crippen LogP contribution is -2.36. The minimum Gasteiger partial charge on any atom is -0.497 e. The van der Waals surface area contributed by atoms with E-state index < -0.39 is 0 Å². The van der Waals surface area contributed by atoms with E-state index in [4.69, 9.17) is 9.47 Å². The van der Waals surface area contributed by atoms with Gasteiger partial charge in [-0.3, -0.25) is 9.89 Å². The van der Waals surface area contributed by atoms with E-state index in [0.717, 1.165) is 43.2 Å². The van der Waals surface area contributed by atoms with Crippen molar-refractivity contribution in [2.45, 2.75) is 12.8 Å². The molecule has 1 aliphatic heterocycles. The topological polar surface area (TPSA) is 92.4 Å². The normalized spacial score (nSPS) is 13.8. The maximum Gasteiger partial charge on any atom is 0.258 e. The van der Waals surface area contributed by atoms with Gasteiger partial charge < -0.3 is 19.7 Å². The van der Waals surface area contributed by atoms with E-state index >= 15 is 0 Å². The average molecular weight is 407 g/mol. The maximum absolute atomic E-state index is 12.5. The second kappa shape index (κ2) is 9.41. The van der Waals surface area contributed by atoms with Crippen molar-refractivity contribution in [3.05, 3.63) is 65.5 Å². The molecule has 8 heteroatoms. The van der Waals surface area contributed by atoms with Gasteiger partial charge in [0.15, 0.2) is 5.82 Å². The molecule has 2 N–H and O–H groups in total. The number of hydrogen-bond acceptors (Lipinski definition) is 6. The molecule has 156 valence electrons. The van der Waals surface area contributed by atoms with Gasteiger partial charge in [-0.25, -0.2) is 4.98 Å². The highest BCUT2D eigenvalue weighted by Crippen LogP contribution is 2.16. The second-order valence-electron chi connectivity index (χ2n) is 7.09. The van der Waals surface area contributed by atoms with Gasteiger partial charge in [0.05, 0.1) is 25.9 Å². The van der Waals surface area contributed by atoms with Crippen LogP contribution in [0.15, 0.2) is 48.7 Å². The average Bonchev–Trinajstić information content (AvgIpc) is 3.26. The van der Waals surface area contributed by atoms with Gasteiger partial charge in [-0.1, -0.05) is 12.1 Å². The van der Waals surface area contributed by atoms with Crippen LogP contribution < -0.4 is 15.0 Å². The molecule has 1 saturated heterocycles. The third-order valence-electron chi connectivity index (χ3n) is 5.03. The number of aryl methyl sites for hydroxylation is 2. The second-order valence-corrected chi connectivity index (χ2v) is 7.09. The van der Waals surface area contributed by atoms with Crippen molar-refractivity contribution >= 4 is 17.5 Å². The minimum atomic E-state index is -0.234. The first-order valence-corrected chi connectivity index (χ1v) is 9.98. The molecule has 0 aliphatic carbocycles. The zero-order chi connectivity index (χ0) is 20.8. The van der Waals surface area contributed by atoms with Crippen LogP contribution in [0.3, 0.4) is 0 Å². The summed E-state index contributed by atoms with van der Waals surface area (Å²) in [6, 6.07) is 13.5. The summed E-state index contributed by atoms with van der Waals surface area (Å²) in [5.41, 5.74) is 2.63. The Kier molecular flexibility index (Phi) is 6.24. The van der Waals surface area contributed by atoms with E-state index in [1.807, 2.05) is 30.3 Å². The molecular formula is C22H25N5O3. The Morgan fingerprint density at radius 3 is 2.83 bits per heavy atom. The third-order valence-corrected chi connectivity index (χ3v) is 5.03. The van der Waals surface area contributed by atoms with Crippen LogP contribution in [0, 0.1) is 0 Å². The number of carbonyl (C=O) groups excluding carboxylic acids is 1. The molecule has 0 spiro atoms. The number of pyridine rings is 1. The van der Waals surface area contributed by atoms with Crippen molar-refractivity contribution in [2.75, 3.05) is 43.6 Å². The van der Waals surface area contributed by atoms with Gasteiger partial charge in [0, 0.05) is 31.0 Å². The summed E-state index contributed by atoms with van der Waals surface area (Å²) in [5, 5.41) is 10.00. The molecule has 2 aromatic heterocycles. The molecule has 0 bridgehead atoms. The van der Waals surface area contributed by atoms with Crippen molar-refractivity contribution in [2.24, 2.45) is 0 Å². The number of benzene rings is 1. The van der Waals surface area contributed by atoms with Crippen molar-refractivity contribution in [1.29, 1.82) is 0 Å². The highest BCUT2D eigenvalue weighted by atomic mass is 16.5. The Balaban J connectivity index is 1.32. The van der Waals surface area contributed by atoms with E-state index in [1.165, 1.54) is 5.56 Å². The lowest BCUT2D eigenvalue weighted by Gasteiger charge is -2.27. The molecule has 0 unspecified atom stereocenters. The summed E-state index contributed by atoms with van der Waals surface area (Å²) in [6.45, 7) is 3.02. The molecule has 0 atom stereocenters. The highest BCUT2D eigenvalue weighted by molar-refractivity contribution is 6.03. The molecular weight excluding hydrogens is 382 g/mol. The lowest BCUT2D eigenvalue weighted by molar-refractivity contribution is 0.102. The number of morpholine rings is 1. The zero-order valence-electron chi connectivity index (χ0n) is 16.9. The van der Waals surface area contributed by atoms with Crippen molar-refractivity contribution in [3.8, 4) is 5.75 Å². The van der Waals surface area contributed by atoms with E-state index in [2.05, 4.69) is 31.5 Å². The third kappa shape index (κ3) is 4.96. The SMILES string of the molecule is COc1cccc(CCc2cc(NC(=O)c3ccc(N4CCOCC4)nc3)n[nH]2)c1. The number of nitrogens with zero attached hydrogens (tertiary/aromatic N) is 3. The molecule has 3 aromatic rings.